The molecule has 51 heavy (non-hydrogen) atoms. The summed E-state index contributed by atoms with van der Waals surface area (Å²) in [6.45, 7) is 5.38. The van der Waals surface area contributed by atoms with Gasteiger partial charge in [0, 0.05) is 47.9 Å². The molecule has 4 saturated heterocycles. The minimum absolute atomic E-state index is 0.00204. The van der Waals surface area contributed by atoms with E-state index in [-0.39, 0.29) is 36.6 Å². The standard InChI is InChI=1S/C20H28N2O3.C10H18N2O2.C9H9NO2/c1-2-25-20(24)22-17-10-11-18(22)14-15(13-17)7-6-12-21-19(23)16-8-4-3-5-9-16;1-2-14-10(13)12-8-3-4-9(12)6-7(11)5-8;11-7-6-10-9(12)8-4-2-1-3-5-8/h3-5,8-9,15,17-18H,2,6-7,10-14H2,1H3,(H,21,23);7-9H,2-6,11H2,1H3;1-5,7H,6H2,(H,10,12). The number of carbonyl (C=O) groups is 5. The van der Waals surface area contributed by atoms with Gasteiger partial charge in [0.1, 0.15) is 6.29 Å². The normalized spacial score (nSPS) is 24.1. The maximum Gasteiger partial charge on any atom is 0.410 e. The Balaban J connectivity index is 0.000000189. The zero-order valence-corrected chi connectivity index (χ0v) is 30.0. The number of benzene rings is 2. The van der Waals surface area contributed by atoms with Crippen molar-refractivity contribution in [3.63, 3.8) is 0 Å². The van der Waals surface area contributed by atoms with E-state index in [2.05, 4.69) is 10.6 Å². The summed E-state index contributed by atoms with van der Waals surface area (Å²) in [6, 6.07) is 19.7. The fourth-order valence-electron chi connectivity index (χ4n) is 7.85. The first kappa shape index (κ1) is 39.3. The summed E-state index contributed by atoms with van der Waals surface area (Å²) >= 11 is 0. The molecule has 0 radical (unpaired) electrons. The van der Waals surface area contributed by atoms with Crippen molar-refractivity contribution in [1.29, 1.82) is 0 Å². The Morgan fingerprint density at radius 3 is 1.57 bits per heavy atom. The lowest BCUT2D eigenvalue weighted by molar-refractivity contribution is -0.107. The van der Waals surface area contributed by atoms with Gasteiger partial charge in [-0.25, -0.2) is 9.59 Å². The van der Waals surface area contributed by atoms with E-state index in [0.29, 0.717) is 67.3 Å². The van der Waals surface area contributed by atoms with E-state index in [0.717, 1.165) is 64.2 Å². The molecule has 0 aliphatic carbocycles. The molecule has 2 aromatic carbocycles. The van der Waals surface area contributed by atoms with Gasteiger partial charge in [-0.05, 0) is 108 Å². The fourth-order valence-corrected chi connectivity index (χ4v) is 7.85. The van der Waals surface area contributed by atoms with Crippen LogP contribution in [-0.4, -0.2) is 96.6 Å². The molecule has 278 valence electrons. The molecule has 4 bridgehead atoms. The van der Waals surface area contributed by atoms with Gasteiger partial charge < -0.3 is 40.4 Å². The third-order valence-corrected chi connectivity index (χ3v) is 10.1. The number of rotatable bonds is 10. The van der Waals surface area contributed by atoms with Crippen LogP contribution in [0.2, 0.25) is 0 Å². The maximum absolute atomic E-state index is 12.1. The van der Waals surface area contributed by atoms with Crippen LogP contribution in [0, 0.1) is 5.92 Å². The van der Waals surface area contributed by atoms with E-state index >= 15 is 0 Å². The fraction of sp³-hybridized carbons (Fsp3) is 0.564. The minimum atomic E-state index is -0.220. The van der Waals surface area contributed by atoms with Gasteiger partial charge in [-0.15, -0.1) is 0 Å². The van der Waals surface area contributed by atoms with E-state index in [9.17, 15) is 24.0 Å². The molecule has 4 unspecified atom stereocenters. The molecule has 4 amide bonds. The molecular weight excluding hydrogens is 650 g/mol. The molecule has 4 N–H and O–H groups in total. The van der Waals surface area contributed by atoms with Gasteiger partial charge in [0.15, 0.2) is 0 Å². The zero-order valence-electron chi connectivity index (χ0n) is 30.0. The Morgan fingerprint density at radius 2 is 1.14 bits per heavy atom. The maximum atomic E-state index is 12.1. The smallest absolute Gasteiger partial charge is 0.410 e. The number of nitrogens with zero attached hydrogens (tertiary/aromatic N) is 2. The number of nitrogens with two attached hydrogens (primary N) is 1. The molecule has 12 heteroatoms. The van der Waals surface area contributed by atoms with E-state index in [1.807, 2.05) is 60.0 Å². The summed E-state index contributed by atoms with van der Waals surface area (Å²) in [5.41, 5.74) is 7.19. The van der Waals surface area contributed by atoms with Gasteiger partial charge in [-0.3, -0.25) is 9.59 Å². The number of ether oxygens (including phenoxy) is 2. The van der Waals surface area contributed by atoms with E-state index < -0.39 is 0 Å². The molecule has 4 fully saturated rings. The lowest BCUT2D eigenvalue weighted by Crippen LogP contribution is -2.50. The largest absolute Gasteiger partial charge is 0.450 e. The van der Waals surface area contributed by atoms with Crippen molar-refractivity contribution < 1.29 is 33.4 Å². The molecule has 6 rings (SSSR count). The van der Waals surface area contributed by atoms with Crippen LogP contribution in [0.25, 0.3) is 0 Å². The van der Waals surface area contributed by atoms with E-state index in [4.69, 9.17) is 15.2 Å². The number of nitrogens with one attached hydrogen (secondary N) is 2. The predicted octanol–water partition coefficient (Wildman–Crippen LogP) is 5.31. The molecule has 4 heterocycles. The van der Waals surface area contributed by atoms with Crippen molar-refractivity contribution >= 4 is 30.3 Å². The molecule has 0 aromatic heterocycles. The summed E-state index contributed by atoms with van der Waals surface area (Å²) in [6.07, 6.45) is 10.9. The second kappa shape index (κ2) is 20.4. The molecule has 2 aromatic rings. The minimum Gasteiger partial charge on any atom is -0.450 e. The van der Waals surface area contributed by atoms with E-state index in [1.165, 1.54) is 0 Å². The first-order valence-corrected chi connectivity index (χ1v) is 18.5. The average Bonchev–Trinajstić information content (AvgIpc) is 3.58. The van der Waals surface area contributed by atoms with Crippen LogP contribution >= 0.6 is 0 Å². The second-order valence-electron chi connectivity index (χ2n) is 13.6. The average molecular weight is 706 g/mol. The van der Waals surface area contributed by atoms with Crippen molar-refractivity contribution in [3.05, 3.63) is 71.8 Å². The Labute approximate surface area is 301 Å². The quantitative estimate of drug-likeness (QED) is 0.222. The summed E-state index contributed by atoms with van der Waals surface area (Å²) in [5.74, 6) is 0.428. The van der Waals surface area contributed by atoms with Gasteiger partial charge >= 0.3 is 12.2 Å². The Morgan fingerprint density at radius 1 is 0.706 bits per heavy atom. The van der Waals surface area contributed by atoms with Gasteiger partial charge in [0.2, 0.25) is 0 Å². The highest BCUT2D eigenvalue weighted by Gasteiger charge is 2.44. The number of hydrogen-bond acceptors (Lipinski definition) is 8. The van der Waals surface area contributed by atoms with E-state index in [1.54, 1.807) is 24.3 Å². The summed E-state index contributed by atoms with van der Waals surface area (Å²) in [4.78, 5) is 60.7. The number of carbonyl (C=O) groups excluding carboxylic acids is 5. The third kappa shape index (κ3) is 11.5. The van der Waals surface area contributed by atoms with Gasteiger partial charge in [-0.1, -0.05) is 36.4 Å². The number of fused-ring (bicyclic) bond motifs is 4. The van der Waals surface area contributed by atoms with Gasteiger partial charge in [0.05, 0.1) is 19.8 Å². The SMILES string of the molecule is CCOC(=O)N1C2CCC1CC(CCCNC(=O)c1ccccc1)C2.CCOC(=O)N1C2CCC1CC(N)C2.O=CCNC(=O)c1ccccc1. The summed E-state index contributed by atoms with van der Waals surface area (Å²) in [5, 5.41) is 5.44. The Hall–Kier alpha value is -4.45. The predicted molar refractivity (Wildman–Crippen MR) is 194 cm³/mol. The highest BCUT2D eigenvalue weighted by Crippen LogP contribution is 2.40. The van der Waals surface area contributed by atoms with Crippen molar-refractivity contribution in [3.8, 4) is 0 Å². The van der Waals surface area contributed by atoms with Crippen molar-refractivity contribution in [2.24, 2.45) is 11.7 Å². The summed E-state index contributed by atoms with van der Waals surface area (Å²) < 4.78 is 10.2. The van der Waals surface area contributed by atoms with Crippen LogP contribution < -0.4 is 16.4 Å². The first-order chi connectivity index (χ1) is 24.7. The number of aldehydes is 1. The second-order valence-corrected chi connectivity index (χ2v) is 13.6. The van der Waals surface area contributed by atoms with Crippen LogP contribution in [0.4, 0.5) is 9.59 Å². The van der Waals surface area contributed by atoms with Gasteiger partial charge in [0.25, 0.3) is 11.8 Å². The monoisotopic (exact) mass is 705 g/mol. The Kier molecular flexibility index (Phi) is 15.7. The highest BCUT2D eigenvalue weighted by molar-refractivity contribution is 5.95. The summed E-state index contributed by atoms with van der Waals surface area (Å²) in [7, 11) is 0. The van der Waals surface area contributed by atoms with Crippen LogP contribution in [0.15, 0.2) is 60.7 Å². The third-order valence-electron chi connectivity index (χ3n) is 10.1. The number of piperidine rings is 2. The lowest BCUT2D eigenvalue weighted by Gasteiger charge is -2.38. The van der Waals surface area contributed by atoms with Gasteiger partial charge in [-0.2, -0.15) is 0 Å². The van der Waals surface area contributed by atoms with Crippen LogP contribution in [-0.2, 0) is 14.3 Å². The topological polar surface area (TPSA) is 160 Å². The van der Waals surface area contributed by atoms with Crippen molar-refractivity contribution in [2.75, 3.05) is 26.3 Å². The molecule has 4 aliphatic rings. The molecular formula is C39H55N5O7. The first-order valence-electron chi connectivity index (χ1n) is 18.5. The molecule has 4 aliphatic heterocycles. The number of hydrogen-bond donors (Lipinski definition) is 3. The molecule has 12 nitrogen and oxygen atoms in total. The zero-order chi connectivity index (χ0) is 36.6. The number of amides is 4. The Bertz CT molecular complexity index is 1380. The van der Waals surface area contributed by atoms with Crippen LogP contribution in [0.5, 0.6) is 0 Å². The van der Waals surface area contributed by atoms with Crippen molar-refractivity contribution in [1.82, 2.24) is 20.4 Å². The van der Waals surface area contributed by atoms with Crippen molar-refractivity contribution in [2.45, 2.75) is 108 Å². The lowest BCUT2D eigenvalue weighted by atomic mass is 9.87. The highest BCUT2D eigenvalue weighted by atomic mass is 16.6. The molecule has 0 spiro atoms. The molecule has 4 atom stereocenters. The van der Waals surface area contributed by atoms with Crippen LogP contribution in [0.3, 0.4) is 0 Å². The van der Waals surface area contributed by atoms with Crippen LogP contribution in [0.1, 0.15) is 98.8 Å². The molecule has 0 saturated carbocycles.